The van der Waals surface area contributed by atoms with Gasteiger partial charge < -0.3 is 9.15 Å². The molecule has 0 amide bonds. The first kappa shape index (κ1) is 8.20. The van der Waals surface area contributed by atoms with Crippen molar-refractivity contribution in [2.45, 2.75) is 6.61 Å². The quantitative estimate of drug-likeness (QED) is 0.641. The molecular weight excluding hydrogens is 164 g/mol. The number of carbonyl (C=O) groups is 1. The zero-order valence-corrected chi connectivity index (χ0v) is 6.89. The number of hydrogen-bond donors (Lipinski definition) is 0. The molecule has 11 heavy (non-hydrogen) atoms. The van der Waals surface area contributed by atoms with Crippen LogP contribution in [-0.2, 0) is 11.3 Å². The summed E-state index contributed by atoms with van der Waals surface area (Å²) >= 11 is 1.04. The maximum absolute atomic E-state index is 10.6. The fourth-order valence-corrected chi connectivity index (χ4v) is 0.760. The average Bonchev–Trinajstić information content (AvgIpc) is 2.52. The number of hydrogen-bond acceptors (Lipinski definition) is 4. The van der Waals surface area contributed by atoms with Crippen molar-refractivity contribution in [2.24, 2.45) is 0 Å². The molecule has 0 bridgehead atoms. The molecule has 0 N–H and O–H groups in total. The van der Waals surface area contributed by atoms with E-state index in [1.165, 1.54) is 0 Å². The van der Waals surface area contributed by atoms with Crippen LogP contribution in [0.15, 0.2) is 22.8 Å². The van der Waals surface area contributed by atoms with Crippen molar-refractivity contribution in [3.8, 4) is 0 Å². The Hall–Kier alpha value is -0.900. The molecule has 0 aliphatic carbocycles. The molecule has 60 valence electrons. The second kappa shape index (κ2) is 4.08. The van der Waals surface area contributed by atoms with E-state index in [4.69, 9.17) is 9.15 Å². The summed E-state index contributed by atoms with van der Waals surface area (Å²) in [5, 5.41) is -0.290. The summed E-state index contributed by atoms with van der Waals surface area (Å²) in [7, 11) is 0. The van der Waals surface area contributed by atoms with Crippen LogP contribution in [0.3, 0.4) is 0 Å². The minimum Gasteiger partial charge on any atom is -0.466 e. The average molecular weight is 172 g/mol. The Kier molecular flexibility index (Phi) is 3.04. The SMILES string of the molecule is CSC(=O)OCc1ccco1. The van der Waals surface area contributed by atoms with E-state index in [1.54, 1.807) is 24.7 Å². The summed E-state index contributed by atoms with van der Waals surface area (Å²) in [6, 6.07) is 3.51. The van der Waals surface area contributed by atoms with Crippen LogP contribution in [0.25, 0.3) is 0 Å². The second-order valence-electron chi connectivity index (χ2n) is 1.82. The van der Waals surface area contributed by atoms with Gasteiger partial charge in [0.2, 0.25) is 0 Å². The molecule has 1 aromatic heterocycles. The van der Waals surface area contributed by atoms with E-state index < -0.39 is 0 Å². The highest BCUT2D eigenvalue weighted by molar-refractivity contribution is 8.12. The third-order valence-electron chi connectivity index (χ3n) is 1.08. The third-order valence-corrected chi connectivity index (χ3v) is 1.53. The zero-order valence-electron chi connectivity index (χ0n) is 6.07. The minimum atomic E-state index is -0.290. The number of rotatable bonds is 2. The lowest BCUT2D eigenvalue weighted by Gasteiger charge is -1.97. The molecule has 0 unspecified atom stereocenters. The van der Waals surface area contributed by atoms with Crippen LogP contribution in [0, 0.1) is 0 Å². The lowest BCUT2D eigenvalue weighted by Crippen LogP contribution is -1.95. The molecule has 4 heteroatoms. The highest BCUT2D eigenvalue weighted by Crippen LogP contribution is 2.05. The first-order valence-electron chi connectivity index (χ1n) is 3.06. The summed E-state index contributed by atoms with van der Waals surface area (Å²) in [5.41, 5.74) is 0. The van der Waals surface area contributed by atoms with Crippen molar-refractivity contribution in [3.05, 3.63) is 24.2 Å². The van der Waals surface area contributed by atoms with Crippen molar-refractivity contribution < 1.29 is 13.9 Å². The molecule has 0 fully saturated rings. The van der Waals surface area contributed by atoms with Gasteiger partial charge in [0.05, 0.1) is 6.26 Å². The highest BCUT2D eigenvalue weighted by Gasteiger charge is 2.00. The van der Waals surface area contributed by atoms with Crippen molar-refractivity contribution >= 4 is 17.1 Å². The number of thioether (sulfide) groups is 1. The van der Waals surface area contributed by atoms with Gasteiger partial charge in [0.25, 0.3) is 0 Å². The predicted molar refractivity (Wildman–Crippen MR) is 42.4 cm³/mol. The van der Waals surface area contributed by atoms with Gasteiger partial charge in [-0.05, 0) is 30.2 Å². The smallest absolute Gasteiger partial charge is 0.367 e. The van der Waals surface area contributed by atoms with E-state index in [0.29, 0.717) is 5.76 Å². The van der Waals surface area contributed by atoms with Crippen LogP contribution in [0.1, 0.15) is 5.76 Å². The molecule has 0 aromatic carbocycles. The Balaban J connectivity index is 2.29. The van der Waals surface area contributed by atoms with Gasteiger partial charge in [-0.3, -0.25) is 0 Å². The molecule has 0 radical (unpaired) electrons. The van der Waals surface area contributed by atoms with E-state index in [-0.39, 0.29) is 11.9 Å². The molecule has 0 spiro atoms. The Labute approximate surface area is 68.7 Å². The van der Waals surface area contributed by atoms with E-state index in [1.807, 2.05) is 0 Å². The molecule has 1 rings (SSSR count). The Morgan fingerprint density at radius 2 is 2.64 bits per heavy atom. The van der Waals surface area contributed by atoms with Gasteiger partial charge in [0.15, 0.2) is 0 Å². The van der Waals surface area contributed by atoms with Gasteiger partial charge in [-0.25, -0.2) is 4.79 Å². The van der Waals surface area contributed by atoms with E-state index >= 15 is 0 Å². The molecule has 0 aliphatic rings. The maximum atomic E-state index is 10.6. The fourth-order valence-electron chi connectivity index (χ4n) is 0.584. The van der Waals surface area contributed by atoms with Crippen molar-refractivity contribution in [1.82, 2.24) is 0 Å². The molecule has 0 atom stereocenters. The Morgan fingerprint density at radius 3 is 3.18 bits per heavy atom. The predicted octanol–water partition coefficient (Wildman–Crippen LogP) is 2.28. The largest absolute Gasteiger partial charge is 0.466 e. The van der Waals surface area contributed by atoms with Crippen molar-refractivity contribution in [2.75, 3.05) is 6.26 Å². The summed E-state index contributed by atoms with van der Waals surface area (Å²) in [4.78, 5) is 10.6. The summed E-state index contributed by atoms with van der Waals surface area (Å²) in [5.74, 6) is 0.660. The van der Waals surface area contributed by atoms with Gasteiger partial charge in [-0.1, -0.05) is 0 Å². The first-order valence-corrected chi connectivity index (χ1v) is 4.28. The molecule has 0 saturated carbocycles. The highest BCUT2D eigenvalue weighted by atomic mass is 32.2. The molecule has 1 aromatic rings. The molecular formula is C7H8O3S. The van der Waals surface area contributed by atoms with Crippen LogP contribution in [0.4, 0.5) is 4.79 Å². The van der Waals surface area contributed by atoms with E-state index in [2.05, 4.69) is 0 Å². The minimum absolute atomic E-state index is 0.215. The molecule has 0 aliphatic heterocycles. The van der Waals surface area contributed by atoms with Gasteiger partial charge in [-0.2, -0.15) is 0 Å². The Morgan fingerprint density at radius 1 is 1.82 bits per heavy atom. The molecule has 0 saturated heterocycles. The van der Waals surface area contributed by atoms with Gasteiger partial charge in [-0.15, -0.1) is 0 Å². The first-order chi connectivity index (χ1) is 5.33. The molecule has 1 heterocycles. The lowest BCUT2D eigenvalue weighted by atomic mass is 10.5. The zero-order chi connectivity index (χ0) is 8.10. The van der Waals surface area contributed by atoms with Crippen molar-refractivity contribution in [3.63, 3.8) is 0 Å². The van der Waals surface area contributed by atoms with Crippen molar-refractivity contribution in [1.29, 1.82) is 0 Å². The van der Waals surface area contributed by atoms with Gasteiger partial charge in [0, 0.05) is 0 Å². The lowest BCUT2D eigenvalue weighted by molar-refractivity contribution is 0.159. The van der Waals surface area contributed by atoms with Gasteiger partial charge >= 0.3 is 5.30 Å². The maximum Gasteiger partial charge on any atom is 0.367 e. The van der Waals surface area contributed by atoms with Crippen LogP contribution >= 0.6 is 11.8 Å². The second-order valence-corrected chi connectivity index (χ2v) is 2.56. The van der Waals surface area contributed by atoms with E-state index in [0.717, 1.165) is 11.8 Å². The van der Waals surface area contributed by atoms with Crippen LogP contribution in [0.2, 0.25) is 0 Å². The normalized spacial score (nSPS) is 9.55. The Bertz CT molecular complexity index is 218. The van der Waals surface area contributed by atoms with Crippen LogP contribution in [0.5, 0.6) is 0 Å². The number of carbonyl (C=O) groups excluding carboxylic acids is 1. The summed E-state index contributed by atoms with van der Waals surface area (Å²) in [6.07, 6.45) is 3.22. The molecule has 3 nitrogen and oxygen atoms in total. The van der Waals surface area contributed by atoms with Gasteiger partial charge in [0.1, 0.15) is 12.4 Å². The number of furan rings is 1. The summed E-state index contributed by atoms with van der Waals surface area (Å²) in [6.45, 7) is 0.215. The van der Waals surface area contributed by atoms with Crippen LogP contribution < -0.4 is 0 Å². The standard InChI is InChI=1S/C7H8O3S/c1-11-7(8)10-5-6-3-2-4-9-6/h2-4H,5H2,1H3. The van der Waals surface area contributed by atoms with E-state index in [9.17, 15) is 4.79 Å². The van der Waals surface area contributed by atoms with Crippen LogP contribution in [-0.4, -0.2) is 11.6 Å². The number of ether oxygens (including phenoxy) is 1. The summed E-state index contributed by atoms with van der Waals surface area (Å²) < 4.78 is 9.71. The topological polar surface area (TPSA) is 39.4 Å². The fraction of sp³-hybridized carbons (Fsp3) is 0.286. The third kappa shape index (κ3) is 2.67. The monoisotopic (exact) mass is 172 g/mol.